The molecule has 3 aromatic heterocycles. The molecule has 0 aliphatic rings. The number of ether oxygens (including phenoxy) is 1. The lowest BCUT2D eigenvalue weighted by molar-refractivity contribution is 0.412. The fourth-order valence-corrected chi connectivity index (χ4v) is 3.28. The molecule has 3 heterocycles. The van der Waals surface area contributed by atoms with E-state index in [-0.39, 0.29) is 5.69 Å². The summed E-state index contributed by atoms with van der Waals surface area (Å²) < 4.78 is 8.40. The Morgan fingerprint density at radius 1 is 1.04 bits per heavy atom. The van der Waals surface area contributed by atoms with Crippen molar-refractivity contribution in [2.45, 2.75) is 13.8 Å². The van der Waals surface area contributed by atoms with Gasteiger partial charge in [-0.2, -0.15) is 9.78 Å². The number of aryl methyl sites for hydroxylation is 1. The zero-order valence-corrected chi connectivity index (χ0v) is 14.8. The van der Waals surface area contributed by atoms with Crippen molar-refractivity contribution in [2.75, 3.05) is 7.11 Å². The molecule has 26 heavy (non-hydrogen) atoms. The van der Waals surface area contributed by atoms with Crippen LogP contribution in [0.4, 0.5) is 0 Å². The van der Waals surface area contributed by atoms with Crippen molar-refractivity contribution in [3.05, 3.63) is 76.6 Å². The quantitative estimate of drug-likeness (QED) is 0.572. The van der Waals surface area contributed by atoms with E-state index in [1.165, 1.54) is 4.68 Å². The molecule has 0 saturated carbocycles. The molecule has 6 nitrogen and oxygen atoms in total. The van der Waals surface area contributed by atoms with E-state index in [1.54, 1.807) is 36.0 Å². The summed E-state index contributed by atoms with van der Waals surface area (Å²) in [7, 11) is 1.66. The van der Waals surface area contributed by atoms with Crippen LogP contribution in [0.25, 0.3) is 22.5 Å². The Labute approximate surface area is 150 Å². The normalized spacial score (nSPS) is 11.0. The van der Waals surface area contributed by atoms with Crippen LogP contribution in [0.3, 0.4) is 0 Å². The minimum atomic E-state index is -0.245. The van der Waals surface area contributed by atoms with Gasteiger partial charge in [0.05, 0.1) is 18.8 Å². The highest BCUT2D eigenvalue weighted by Gasteiger charge is 2.16. The van der Waals surface area contributed by atoms with Gasteiger partial charge >= 0.3 is 5.69 Å². The average molecular weight is 346 g/mol. The molecule has 1 aromatic carbocycles. The van der Waals surface area contributed by atoms with E-state index in [2.05, 4.69) is 10.1 Å². The largest absolute Gasteiger partial charge is 0.496 e. The van der Waals surface area contributed by atoms with Gasteiger partial charge in [-0.3, -0.25) is 4.40 Å². The predicted octanol–water partition coefficient (Wildman–Crippen LogP) is 3.17. The first-order valence-corrected chi connectivity index (χ1v) is 8.27. The van der Waals surface area contributed by atoms with Gasteiger partial charge in [0.15, 0.2) is 5.82 Å². The molecular formula is C20H18N4O2. The second-order valence-electron chi connectivity index (χ2n) is 6.06. The molecule has 0 aliphatic carbocycles. The molecule has 0 bridgehead atoms. The van der Waals surface area contributed by atoms with Gasteiger partial charge in [0, 0.05) is 17.5 Å². The molecule has 0 fully saturated rings. The first-order chi connectivity index (χ1) is 12.6. The minimum Gasteiger partial charge on any atom is -0.496 e. The van der Waals surface area contributed by atoms with Crippen molar-refractivity contribution in [3.8, 4) is 22.7 Å². The molecule has 4 aromatic rings. The highest BCUT2D eigenvalue weighted by Crippen LogP contribution is 2.33. The average Bonchev–Trinajstić information content (AvgIpc) is 3.00. The Balaban J connectivity index is 1.97. The maximum Gasteiger partial charge on any atom is 0.355 e. The van der Waals surface area contributed by atoms with Gasteiger partial charge in [0.25, 0.3) is 0 Å². The van der Waals surface area contributed by atoms with Crippen molar-refractivity contribution in [1.29, 1.82) is 0 Å². The molecule has 0 spiro atoms. The van der Waals surface area contributed by atoms with Gasteiger partial charge in [0.1, 0.15) is 5.75 Å². The molecule has 0 amide bonds. The number of nitrogens with zero attached hydrogens (tertiary/aromatic N) is 4. The summed E-state index contributed by atoms with van der Waals surface area (Å²) in [6.45, 7) is 3.95. The van der Waals surface area contributed by atoms with E-state index in [9.17, 15) is 4.79 Å². The van der Waals surface area contributed by atoms with Gasteiger partial charge < -0.3 is 4.74 Å². The van der Waals surface area contributed by atoms with Crippen molar-refractivity contribution in [1.82, 2.24) is 19.2 Å². The third-order valence-corrected chi connectivity index (χ3v) is 4.61. The van der Waals surface area contributed by atoms with E-state index < -0.39 is 0 Å². The zero-order chi connectivity index (χ0) is 18.3. The molecular weight excluding hydrogens is 328 g/mol. The molecule has 130 valence electrons. The molecule has 0 saturated heterocycles. The number of pyridine rings is 1. The maximum atomic E-state index is 13.0. The molecule has 4 rings (SSSR count). The Bertz CT molecular complexity index is 1160. The van der Waals surface area contributed by atoms with Crippen LogP contribution in [-0.2, 0) is 0 Å². The summed E-state index contributed by atoms with van der Waals surface area (Å²) in [5.74, 6) is 1.31. The summed E-state index contributed by atoms with van der Waals surface area (Å²) in [5.41, 5.74) is 4.41. The second-order valence-corrected chi connectivity index (χ2v) is 6.06. The first-order valence-electron chi connectivity index (χ1n) is 8.27. The van der Waals surface area contributed by atoms with Crippen LogP contribution in [0, 0.1) is 13.8 Å². The third kappa shape index (κ3) is 2.38. The number of benzene rings is 1. The number of methoxy groups -OCH3 is 1. The number of fused-ring (bicyclic) bond motifs is 1. The predicted molar refractivity (Wildman–Crippen MR) is 100 cm³/mol. The summed E-state index contributed by atoms with van der Waals surface area (Å²) in [6, 6.07) is 13.3. The van der Waals surface area contributed by atoms with Gasteiger partial charge in [-0.1, -0.05) is 18.2 Å². The molecule has 0 unspecified atom stereocenters. The Hall–Kier alpha value is -3.41. The van der Waals surface area contributed by atoms with Crippen molar-refractivity contribution in [2.24, 2.45) is 0 Å². The lowest BCUT2D eigenvalue weighted by Gasteiger charge is -2.10. The van der Waals surface area contributed by atoms with Crippen LogP contribution in [0.5, 0.6) is 5.75 Å². The topological polar surface area (TPSA) is 61.4 Å². The molecule has 0 atom stereocenters. The Kier molecular flexibility index (Phi) is 3.80. The number of rotatable bonds is 3. The SMILES string of the molecule is COc1cccc(-c2cc3cnn(-c4ccccn4)c(=O)n3c2C)c1C. The molecule has 0 aliphatic heterocycles. The van der Waals surface area contributed by atoms with E-state index in [1.807, 2.05) is 44.2 Å². The third-order valence-electron chi connectivity index (χ3n) is 4.61. The monoisotopic (exact) mass is 346 g/mol. The first kappa shape index (κ1) is 16.1. The van der Waals surface area contributed by atoms with E-state index in [0.717, 1.165) is 33.7 Å². The lowest BCUT2D eigenvalue weighted by atomic mass is 10.0. The van der Waals surface area contributed by atoms with Gasteiger partial charge in [-0.15, -0.1) is 0 Å². The van der Waals surface area contributed by atoms with Gasteiger partial charge in [-0.25, -0.2) is 9.78 Å². The maximum absolute atomic E-state index is 13.0. The molecule has 6 heteroatoms. The van der Waals surface area contributed by atoms with E-state index in [0.29, 0.717) is 5.82 Å². The fraction of sp³-hybridized carbons (Fsp3) is 0.150. The Morgan fingerprint density at radius 3 is 2.62 bits per heavy atom. The van der Waals surface area contributed by atoms with Crippen molar-refractivity contribution >= 4 is 5.52 Å². The molecule has 0 radical (unpaired) electrons. The van der Waals surface area contributed by atoms with Crippen LogP contribution >= 0.6 is 0 Å². The zero-order valence-electron chi connectivity index (χ0n) is 14.8. The summed E-state index contributed by atoms with van der Waals surface area (Å²) in [6.07, 6.45) is 3.32. The second kappa shape index (κ2) is 6.15. The lowest BCUT2D eigenvalue weighted by Crippen LogP contribution is -2.28. The highest BCUT2D eigenvalue weighted by atomic mass is 16.5. The molecule has 0 N–H and O–H groups in total. The summed E-state index contributed by atoms with van der Waals surface area (Å²) in [4.78, 5) is 17.2. The van der Waals surface area contributed by atoms with Crippen LogP contribution in [0.15, 0.2) is 59.7 Å². The number of hydrogen-bond donors (Lipinski definition) is 0. The van der Waals surface area contributed by atoms with Crippen LogP contribution in [-0.4, -0.2) is 26.3 Å². The van der Waals surface area contributed by atoms with Crippen LogP contribution in [0.1, 0.15) is 11.3 Å². The minimum absolute atomic E-state index is 0.245. The van der Waals surface area contributed by atoms with E-state index in [4.69, 9.17) is 4.74 Å². The van der Waals surface area contributed by atoms with Crippen LogP contribution in [0.2, 0.25) is 0 Å². The number of hydrogen-bond acceptors (Lipinski definition) is 4. The van der Waals surface area contributed by atoms with E-state index >= 15 is 0 Å². The summed E-state index contributed by atoms with van der Waals surface area (Å²) in [5, 5.41) is 4.28. The summed E-state index contributed by atoms with van der Waals surface area (Å²) >= 11 is 0. The van der Waals surface area contributed by atoms with Crippen LogP contribution < -0.4 is 10.4 Å². The van der Waals surface area contributed by atoms with Crippen molar-refractivity contribution in [3.63, 3.8) is 0 Å². The van der Waals surface area contributed by atoms with Gasteiger partial charge in [0.2, 0.25) is 0 Å². The fourth-order valence-electron chi connectivity index (χ4n) is 3.28. The van der Waals surface area contributed by atoms with Gasteiger partial charge in [-0.05, 0) is 49.2 Å². The smallest absolute Gasteiger partial charge is 0.355 e. The standard InChI is InChI=1S/C20H18N4O2/c1-13-16(7-6-8-18(13)26-3)17-11-15-12-22-24(19-9-4-5-10-21-19)20(25)23(15)14(17)2/h4-12H,1-3H3. The highest BCUT2D eigenvalue weighted by molar-refractivity contribution is 5.77. The number of aromatic nitrogens is 4. The Morgan fingerprint density at radius 2 is 1.88 bits per heavy atom. The van der Waals surface area contributed by atoms with Crippen molar-refractivity contribution < 1.29 is 4.74 Å².